The van der Waals surface area contributed by atoms with Crippen molar-refractivity contribution in [3.8, 4) is 5.75 Å². The van der Waals surface area contributed by atoms with E-state index in [1.165, 1.54) is 54.8 Å². The number of hydrogen-bond donors (Lipinski definition) is 2. The van der Waals surface area contributed by atoms with Gasteiger partial charge in [-0.3, -0.25) is 19.7 Å². The molecule has 10 heteroatoms. The van der Waals surface area contributed by atoms with Crippen LogP contribution < -0.4 is 15.4 Å². The highest BCUT2D eigenvalue weighted by Gasteiger charge is 2.18. The highest BCUT2D eigenvalue weighted by molar-refractivity contribution is 6.04. The molecule has 0 saturated carbocycles. The Morgan fingerprint density at radius 2 is 1.62 bits per heavy atom. The largest absolute Gasteiger partial charge is 0.483 e. The summed E-state index contributed by atoms with van der Waals surface area (Å²) >= 11 is 0. The summed E-state index contributed by atoms with van der Waals surface area (Å²) in [7, 11) is 0. The van der Waals surface area contributed by atoms with E-state index in [0.29, 0.717) is 0 Å². The van der Waals surface area contributed by atoms with Gasteiger partial charge in [-0.05, 0) is 36.4 Å². The molecule has 0 aliphatic heterocycles. The summed E-state index contributed by atoms with van der Waals surface area (Å²) in [4.78, 5) is 47.9. The van der Waals surface area contributed by atoms with Gasteiger partial charge in [0.05, 0.1) is 12.0 Å². The zero-order chi connectivity index (χ0) is 22.9. The molecule has 0 atom stereocenters. The Morgan fingerprint density at radius 1 is 0.875 bits per heavy atom. The number of ether oxygens (including phenoxy) is 2. The Labute approximate surface area is 181 Å². The third-order valence-electron chi connectivity index (χ3n) is 3.95. The second-order valence-electron chi connectivity index (χ2n) is 6.24. The summed E-state index contributed by atoms with van der Waals surface area (Å²) in [5.74, 6) is -3.84. The minimum atomic E-state index is -0.907. The van der Waals surface area contributed by atoms with E-state index in [1.807, 2.05) is 5.32 Å². The van der Waals surface area contributed by atoms with Crippen molar-refractivity contribution in [3.63, 3.8) is 0 Å². The summed E-state index contributed by atoms with van der Waals surface area (Å²) in [5, 5.41) is 4.36. The van der Waals surface area contributed by atoms with Gasteiger partial charge in [0.25, 0.3) is 17.7 Å². The van der Waals surface area contributed by atoms with Crippen LogP contribution in [0.1, 0.15) is 20.9 Å². The van der Waals surface area contributed by atoms with Crippen LogP contribution in [0.2, 0.25) is 0 Å². The standard InChI is InChI=1S/C22H17FN2O7/c23-15-7-2-3-8-16(15)24-19(26)12-31-17-9-4-1-6-14(17)22(29)32-13-20(27)25-21(28)18-10-5-11-30-18/h1-11H,12-13H2,(H,24,26)(H,25,27,28). The quantitative estimate of drug-likeness (QED) is 0.516. The molecule has 1 heterocycles. The van der Waals surface area contributed by atoms with Crippen LogP contribution in [0.5, 0.6) is 5.75 Å². The first kappa shape index (κ1) is 22.2. The normalized spacial score (nSPS) is 10.2. The fourth-order valence-electron chi connectivity index (χ4n) is 2.49. The van der Waals surface area contributed by atoms with Gasteiger partial charge in [-0.15, -0.1) is 0 Å². The van der Waals surface area contributed by atoms with Gasteiger partial charge in [0, 0.05) is 0 Å². The lowest BCUT2D eigenvalue weighted by Gasteiger charge is -2.11. The summed E-state index contributed by atoms with van der Waals surface area (Å²) in [6.45, 7) is -1.23. The van der Waals surface area contributed by atoms with Gasteiger partial charge in [-0.2, -0.15) is 0 Å². The zero-order valence-corrected chi connectivity index (χ0v) is 16.5. The number of benzene rings is 2. The molecular weight excluding hydrogens is 423 g/mol. The molecule has 0 bridgehead atoms. The van der Waals surface area contributed by atoms with E-state index >= 15 is 0 Å². The Hall–Kier alpha value is -4.47. The van der Waals surface area contributed by atoms with Crippen LogP contribution >= 0.6 is 0 Å². The van der Waals surface area contributed by atoms with Gasteiger partial charge in [0.2, 0.25) is 0 Å². The van der Waals surface area contributed by atoms with E-state index in [0.717, 1.165) is 0 Å². The molecule has 1 aromatic heterocycles. The van der Waals surface area contributed by atoms with Gasteiger partial charge < -0.3 is 19.2 Å². The fraction of sp³-hybridized carbons (Fsp3) is 0.0909. The number of imide groups is 1. The number of nitrogens with one attached hydrogen (secondary N) is 2. The minimum absolute atomic E-state index is 0.0103. The molecule has 0 aliphatic rings. The van der Waals surface area contributed by atoms with E-state index in [9.17, 15) is 23.6 Å². The molecule has 9 nitrogen and oxygen atoms in total. The van der Waals surface area contributed by atoms with Crippen molar-refractivity contribution in [1.82, 2.24) is 5.32 Å². The number of amides is 3. The number of halogens is 1. The second kappa shape index (κ2) is 10.5. The average Bonchev–Trinajstić information content (AvgIpc) is 3.33. The number of hydrogen-bond acceptors (Lipinski definition) is 7. The van der Waals surface area contributed by atoms with Crippen molar-refractivity contribution in [1.29, 1.82) is 0 Å². The average molecular weight is 440 g/mol. The Kier molecular flexibility index (Phi) is 7.31. The summed E-state index contributed by atoms with van der Waals surface area (Å²) in [6, 6.07) is 14.4. The molecule has 0 unspecified atom stereocenters. The van der Waals surface area contributed by atoms with Gasteiger partial charge >= 0.3 is 5.97 Å². The highest BCUT2D eigenvalue weighted by atomic mass is 19.1. The number of rotatable bonds is 8. The molecule has 0 spiro atoms. The van der Waals surface area contributed by atoms with E-state index in [2.05, 4.69) is 5.32 Å². The van der Waals surface area contributed by atoms with Crippen molar-refractivity contribution in [2.45, 2.75) is 0 Å². The lowest BCUT2D eigenvalue weighted by molar-refractivity contribution is -0.123. The molecule has 0 aliphatic carbocycles. The van der Waals surface area contributed by atoms with Crippen molar-refractivity contribution in [2.75, 3.05) is 18.5 Å². The van der Waals surface area contributed by atoms with Crippen LogP contribution in [0.3, 0.4) is 0 Å². The molecule has 3 rings (SSSR count). The van der Waals surface area contributed by atoms with Gasteiger partial charge in [0.15, 0.2) is 19.0 Å². The minimum Gasteiger partial charge on any atom is -0.483 e. The Balaban J connectivity index is 1.53. The number of carbonyl (C=O) groups is 4. The topological polar surface area (TPSA) is 124 Å². The maximum atomic E-state index is 13.6. The van der Waals surface area contributed by atoms with E-state index in [1.54, 1.807) is 12.1 Å². The predicted octanol–water partition coefficient (Wildman–Crippen LogP) is 2.55. The van der Waals surface area contributed by atoms with Crippen LogP contribution in [0.4, 0.5) is 10.1 Å². The smallest absolute Gasteiger partial charge is 0.342 e. The van der Waals surface area contributed by atoms with E-state index < -0.39 is 42.7 Å². The molecule has 0 radical (unpaired) electrons. The van der Waals surface area contributed by atoms with Gasteiger partial charge in [0.1, 0.15) is 17.1 Å². The SMILES string of the molecule is O=C(COC(=O)c1ccccc1OCC(=O)Nc1ccccc1F)NC(=O)c1ccco1. The van der Waals surface area contributed by atoms with Crippen molar-refractivity contribution >= 4 is 29.4 Å². The summed E-state index contributed by atoms with van der Waals surface area (Å²) in [5.41, 5.74) is -0.0553. The molecule has 0 saturated heterocycles. The fourth-order valence-corrected chi connectivity index (χ4v) is 2.49. The zero-order valence-electron chi connectivity index (χ0n) is 16.5. The lowest BCUT2D eigenvalue weighted by Crippen LogP contribution is -2.34. The number of furan rings is 1. The molecular formula is C22H17FN2O7. The van der Waals surface area contributed by atoms with Crippen LogP contribution in [0.15, 0.2) is 71.3 Å². The predicted molar refractivity (Wildman–Crippen MR) is 108 cm³/mol. The third kappa shape index (κ3) is 6.02. The number of esters is 1. The van der Waals surface area contributed by atoms with Crippen molar-refractivity contribution in [2.24, 2.45) is 0 Å². The van der Waals surface area contributed by atoms with Gasteiger partial charge in [-0.25, -0.2) is 9.18 Å². The molecule has 164 valence electrons. The summed E-state index contributed by atoms with van der Waals surface area (Å²) < 4.78 is 28.7. The first-order valence-electron chi connectivity index (χ1n) is 9.25. The molecule has 2 N–H and O–H groups in total. The van der Waals surface area contributed by atoms with Crippen LogP contribution in [0, 0.1) is 5.82 Å². The number of anilines is 1. The lowest BCUT2D eigenvalue weighted by atomic mass is 10.2. The molecule has 3 amide bonds. The molecule has 0 fully saturated rings. The number of para-hydroxylation sites is 2. The third-order valence-corrected chi connectivity index (χ3v) is 3.95. The first-order valence-corrected chi connectivity index (χ1v) is 9.25. The van der Waals surface area contributed by atoms with E-state index in [-0.39, 0.29) is 22.8 Å². The highest BCUT2D eigenvalue weighted by Crippen LogP contribution is 2.19. The Morgan fingerprint density at radius 3 is 2.38 bits per heavy atom. The number of carbonyl (C=O) groups excluding carboxylic acids is 4. The Bertz CT molecular complexity index is 1130. The van der Waals surface area contributed by atoms with Crippen LogP contribution in [-0.4, -0.2) is 36.9 Å². The summed E-state index contributed by atoms with van der Waals surface area (Å²) in [6.07, 6.45) is 1.27. The maximum Gasteiger partial charge on any atom is 0.342 e. The van der Waals surface area contributed by atoms with Crippen LogP contribution in [-0.2, 0) is 14.3 Å². The first-order chi connectivity index (χ1) is 15.4. The molecule has 3 aromatic rings. The maximum absolute atomic E-state index is 13.6. The van der Waals surface area contributed by atoms with Gasteiger partial charge in [-0.1, -0.05) is 24.3 Å². The van der Waals surface area contributed by atoms with Crippen LogP contribution in [0.25, 0.3) is 0 Å². The molecule has 2 aromatic carbocycles. The van der Waals surface area contributed by atoms with Crippen molar-refractivity contribution in [3.05, 3.63) is 84.1 Å². The monoisotopic (exact) mass is 440 g/mol. The van der Waals surface area contributed by atoms with E-state index in [4.69, 9.17) is 13.9 Å². The molecule has 32 heavy (non-hydrogen) atoms. The second-order valence-corrected chi connectivity index (χ2v) is 6.24. The van der Waals surface area contributed by atoms with Crippen molar-refractivity contribution < 1.29 is 37.5 Å².